The van der Waals surface area contributed by atoms with Gasteiger partial charge in [0.2, 0.25) is 5.95 Å². The zero-order valence-electron chi connectivity index (χ0n) is 49.9. The maximum Gasteiger partial charge on any atom is 0.238 e. The quantitative estimate of drug-likeness (QED) is 0.176. The van der Waals surface area contributed by atoms with Crippen LogP contribution in [0.5, 0.6) is 0 Å². The Bertz CT molecular complexity index is 4600. The smallest absolute Gasteiger partial charge is 0.238 e. The molecule has 4 aromatic heterocycles. The van der Waals surface area contributed by atoms with Crippen LogP contribution in [0.3, 0.4) is 0 Å². The first-order valence-electron chi connectivity index (χ1n) is 27.9. The third-order valence-electron chi connectivity index (χ3n) is 9.71. The van der Waals surface area contributed by atoms with Crippen LogP contribution in [-0.4, -0.2) is 24.1 Å². The van der Waals surface area contributed by atoms with Crippen molar-refractivity contribution >= 4 is 65.6 Å². The first-order valence-corrected chi connectivity index (χ1v) is 17.4. The molecule has 0 atom stereocenters. The molecule has 0 saturated carbocycles. The van der Waals surface area contributed by atoms with E-state index in [0.717, 1.165) is 0 Å². The molecule has 8 aromatic carbocycles. The molecule has 6 nitrogen and oxygen atoms in total. The van der Waals surface area contributed by atoms with E-state index in [1.807, 2.05) is 0 Å². The molecule has 0 N–H and O–H groups in total. The van der Waals surface area contributed by atoms with Gasteiger partial charge in [0.1, 0.15) is 11.2 Å². The van der Waals surface area contributed by atoms with Crippen LogP contribution in [0.15, 0.2) is 192 Å². The molecule has 0 aliphatic heterocycles. The summed E-state index contributed by atoms with van der Waals surface area (Å²) in [5.74, 6) is -1.38. The van der Waals surface area contributed by atoms with E-state index in [2.05, 4.69) is 4.98 Å². The van der Waals surface area contributed by atoms with Crippen molar-refractivity contribution in [2.45, 2.75) is 0 Å². The number of hydrogen-bond donors (Lipinski definition) is 0. The van der Waals surface area contributed by atoms with Crippen LogP contribution in [0, 0.1) is 0 Å². The summed E-state index contributed by atoms with van der Waals surface area (Å²) in [5.41, 5.74) is -1.81. The zero-order chi connectivity index (χ0) is 55.7. The summed E-state index contributed by atoms with van der Waals surface area (Å²) in [6.45, 7) is 0. The van der Waals surface area contributed by atoms with Crippen LogP contribution in [0.25, 0.3) is 111 Å². The molecule has 0 unspecified atom stereocenters. The molecule has 0 fully saturated rings. The Morgan fingerprint density at radius 3 is 1.60 bits per heavy atom. The maximum atomic E-state index is 9.94. The molecule has 0 aliphatic carbocycles. The molecule has 57 heavy (non-hydrogen) atoms. The van der Waals surface area contributed by atoms with Crippen LogP contribution >= 0.6 is 0 Å². The van der Waals surface area contributed by atoms with Gasteiger partial charge in [-0.25, -0.2) is 4.98 Å². The molecular formula is C51H31N5O. The van der Waals surface area contributed by atoms with Crippen molar-refractivity contribution in [1.29, 1.82) is 0 Å². The number of rotatable bonds is 5. The van der Waals surface area contributed by atoms with Gasteiger partial charge in [-0.2, -0.15) is 9.97 Å². The fraction of sp³-hybridized carbons (Fsp3) is 0. The maximum absolute atomic E-state index is 9.94. The van der Waals surface area contributed by atoms with Gasteiger partial charge in [0.05, 0.1) is 56.5 Å². The van der Waals surface area contributed by atoms with E-state index in [9.17, 15) is 5.48 Å². The lowest BCUT2D eigenvalue weighted by Crippen LogP contribution is -2.07. The third kappa shape index (κ3) is 4.87. The number of aromatic nitrogens is 5. The van der Waals surface area contributed by atoms with Crippen LogP contribution in [0.1, 0.15) is 28.8 Å². The van der Waals surface area contributed by atoms with Crippen LogP contribution < -0.4 is 0 Å². The van der Waals surface area contributed by atoms with Crippen LogP contribution in [-0.2, 0) is 0 Å². The SMILES string of the molecule is [2H]c1c([2H])c([2H])c(-c2nc(-c3c([2H])c([2H])c([2H])c([2H])c3[2H])nc(-n3c4ccccc4c4ccc5c6ccccc6n(-c6c([2H])c([2H])c7c(oc8c([2H])c([2H])c(-c9c([2H])c([2H])c([2H])c([2H])c9[2H])c([2H])c87)c6[2H])c5c43)n2)c([2H])c1[2H]. The van der Waals surface area contributed by atoms with E-state index < -0.39 is 166 Å². The average molecular weight is 751 g/mol. The fourth-order valence-electron chi connectivity index (χ4n) is 7.35. The summed E-state index contributed by atoms with van der Waals surface area (Å²) in [4.78, 5) is 14.0. The van der Waals surface area contributed by atoms with E-state index in [1.165, 1.54) is 4.57 Å². The number of fused-ring (bicyclic) bond motifs is 10. The largest absolute Gasteiger partial charge is 0.456 e. The summed E-state index contributed by atoms with van der Waals surface area (Å²) >= 11 is 0. The summed E-state index contributed by atoms with van der Waals surface area (Å²) in [5, 5.41) is 1.55. The van der Waals surface area contributed by atoms with E-state index in [-0.39, 0.29) is 39.0 Å². The monoisotopic (exact) mass is 750 g/mol. The minimum absolute atomic E-state index is 0.243. The molecule has 0 aliphatic rings. The summed E-state index contributed by atoms with van der Waals surface area (Å²) in [6, 6.07) is 2.81. The molecular weight excluding hydrogens is 699 g/mol. The molecule has 12 aromatic rings. The Balaban J connectivity index is 1.24. The van der Waals surface area contributed by atoms with Crippen LogP contribution in [0.2, 0.25) is 0 Å². The van der Waals surface area contributed by atoms with Gasteiger partial charge in [-0.1, -0.05) is 145 Å². The molecule has 0 spiro atoms. The standard InChI is InChI=1S/C51H31N5O/c1-4-14-32(15-5-1)35-24-29-45-42(30-35)39-26-25-36(31-46(39)57-45)55-43-22-12-10-20-37(43)40-27-28-41-38-21-11-13-23-44(38)56(48(41)47(40)55)51-53-49(33-16-6-2-7-17-33)52-50(54-51)34-18-8-3-9-19-34/h1-31H/i1D,2D,3D,4D,5D,6D,7D,8D,9D,14D,15D,16D,17D,18D,19D,24D,25D,26D,29D,30D,31D. The van der Waals surface area contributed by atoms with Gasteiger partial charge in [0, 0.05) is 49.5 Å². The molecule has 0 saturated heterocycles. The normalized spacial score (nSPS) is 17.0. The van der Waals surface area contributed by atoms with E-state index in [4.69, 9.17) is 37.7 Å². The van der Waals surface area contributed by atoms with Gasteiger partial charge in [0.25, 0.3) is 0 Å². The Morgan fingerprint density at radius 2 is 0.965 bits per heavy atom. The summed E-state index contributed by atoms with van der Waals surface area (Å²) < 4.78 is 195. The Kier molecular flexibility index (Phi) is 3.75. The van der Waals surface area contributed by atoms with Gasteiger partial charge < -0.3 is 8.98 Å². The van der Waals surface area contributed by atoms with Gasteiger partial charge in [-0.05, 0) is 47.4 Å². The molecule has 12 rings (SSSR count). The molecule has 0 radical (unpaired) electrons. The Hall–Kier alpha value is -7.83. The fourth-order valence-corrected chi connectivity index (χ4v) is 7.35. The first-order chi connectivity index (χ1) is 37.0. The third-order valence-corrected chi connectivity index (χ3v) is 9.71. The molecule has 0 bridgehead atoms. The summed E-state index contributed by atoms with van der Waals surface area (Å²) in [7, 11) is 0. The van der Waals surface area contributed by atoms with Gasteiger partial charge in [-0.15, -0.1) is 0 Å². The summed E-state index contributed by atoms with van der Waals surface area (Å²) in [6.07, 6.45) is 0. The predicted molar refractivity (Wildman–Crippen MR) is 232 cm³/mol. The van der Waals surface area contributed by atoms with Crippen molar-refractivity contribution in [3.8, 4) is 45.5 Å². The number of para-hydroxylation sites is 2. The average Bonchev–Trinajstić information content (AvgIpc) is 4.22. The van der Waals surface area contributed by atoms with Crippen molar-refractivity contribution in [3.05, 3.63) is 188 Å². The van der Waals surface area contributed by atoms with E-state index >= 15 is 0 Å². The highest BCUT2D eigenvalue weighted by molar-refractivity contribution is 6.24. The molecule has 4 heterocycles. The first kappa shape index (κ1) is 17.3. The highest BCUT2D eigenvalue weighted by atomic mass is 16.3. The van der Waals surface area contributed by atoms with E-state index in [1.54, 1.807) is 65.2 Å². The molecule has 266 valence electrons. The van der Waals surface area contributed by atoms with Gasteiger partial charge >= 0.3 is 0 Å². The molecule has 0 amide bonds. The Morgan fingerprint density at radius 1 is 0.404 bits per heavy atom. The van der Waals surface area contributed by atoms with Crippen molar-refractivity contribution in [3.63, 3.8) is 0 Å². The van der Waals surface area contributed by atoms with Gasteiger partial charge in [-0.3, -0.25) is 4.57 Å². The second-order valence-corrected chi connectivity index (χ2v) is 12.8. The zero-order valence-corrected chi connectivity index (χ0v) is 28.9. The second kappa shape index (κ2) is 12.3. The minimum Gasteiger partial charge on any atom is -0.456 e. The molecule has 6 heteroatoms. The highest BCUT2D eigenvalue weighted by Crippen LogP contribution is 2.42. The van der Waals surface area contributed by atoms with Crippen LogP contribution in [0.4, 0.5) is 0 Å². The minimum atomic E-state index is -0.750. The van der Waals surface area contributed by atoms with Crippen molar-refractivity contribution in [2.75, 3.05) is 0 Å². The number of furan rings is 1. The van der Waals surface area contributed by atoms with E-state index in [0.29, 0.717) is 32.6 Å². The second-order valence-electron chi connectivity index (χ2n) is 12.8. The van der Waals surface area contributed by atoms with Crippen molar-refractivity contribution in [2.24, 2.45) is 0 Å². The van der Waals surface area contributed by atoms with Gasteiger partial charge in [0.15, 0.2) is 11.6 Å². The number of nitrogens with zero attached hydrogens (tertiary/aromatic N) is 5. The lowest BCUT2D eigenvalue weighted by atomic mass is 10.0. The topological polar surface area (TPSA) is 61.7 Å². The van der Waals surface area contributed by atoms with Crippen molar-refractivity contribution < 1.29 is 33.2 Å². The van der Waals surface area contributed by atoms with Crippen molar-refractivity contribution in [1.82, 2.24) is 24.1 Å². The number of benzene rings is 8. The number of hydrogen-bond acceptors (Lipinski definition) is 4. The lowest BCUT2D eigenvalue weighted by Gasteiger charge is -2.13. The highest BCUT2D eigenvalue weighted by Gasteiger charge is 2.24. The predicted octanol–water partition coefficient (Wildman–Crippen LogP) is 13.0. The Labute approximate surface area is 356 Å². The lowest BCUT2D eigenvalue weighted by molar-refractivity contribution is 0.668.